The van der Waals surface area contributed by atoms with Crippen molar-refractivity contribution in [3.63, 3.8) is 0 Å². The lowest BCUT2D eigenvalue weighted by Gasteiger charge is -2.32. The number of ether oxygens (including phenoxy) is 5. The van der Waals surface area contributed by atoms with E-state index in [4.69, 9.17) is 23.7 Å². The molecule has 3 aromatic rings. The number of amides is 2. The van der Waals surface area contributed by atoms with E-state index in [1.54, 1.807) is 50.4 Å². The summed E-state index contributed by atoms with van der Waals surface area (Å²) in [5.74, 6) is 0.847. The lowest BCUT2D eigenvalue weighted by atomic mass is 10.1. The van der Waals surface area contributed by atoms with Crippen LogP contribution >= 0.6 is 0 Å². The highest BCUT2D eigenvalue weighted by molar-refractivity contribution is 7.92. The molecular weight excluding hydrogens is 614 g/mol. The van der Waals surface area contributed by atoms with Gasteiger partial charge in [0.15, 0.2) is 11.5 Å². The molecule has 2 amide bonds. The standard InChI is InChI=1S/C33H43N3O9S/c1-22(2)19-34-33(38)23(3)35(20-24-9-11-25(41-4)12-10-24)32(37)21-36(28-17-26(42-5)13-15-29(28)43-6)46(39,40)27-14-16-30(44-7)31(18-27)45-8/h9-18,22-23H,19-21H2,1-8H3,(H,34,38). The van der Waals surface area contributed by atoms with Gasteiger partial charge in [0.05, 0.1) is 46.1 Å². The zero-order valence-corrected chi connectivity index (χ0v) is 28.3. The van der Waals surface area contributed by atoms with Crippen molar-refractivity contribution in [1.29, 1.82) is 0 Å². The number of hydrogen-bond donors (Lipinski definition) is 1. The van der Waals surface area contributed by atoms with Crippen LogP contribution in [0.4, 0.5) is 5.69 Å². The largest absolute Gasteiger partial charge is 0.497 e. The second kappa shape index (κ2) is 16.1. The van der Waals surface area contributed by atoms with Crippen molar-refractivity contribution < 1.29 is 41.7 Å². The van der Waals surface area contributed by atoms with Crippen LogP contribution in [0.25, 0.3) is 0 Å². The summed E-state index contributed by atoms with van der Waals surface area (Å²) in [6, 6.07) is 14.9. The predicted octanol–water partition coefficient (Wildman–Crippen LogP) is 4.11. The molecule has 0 fully saturated rings. The minimum absolute atomic E-state index is 0.0264. The Bertz CT molecular complexity index is 1590. The molecule has 3 aromatic carbocycles. The normalized spacial score (nSPS) is 11.8. The summed E-state index contributed by atoms with van der Waals surface area (Å²) in [4.78, 5) is 28.7. The number of nitrogens with one attached hydrogen (secondary N) is 1. The van der Waals surface area contributed by atoms with Gasteiger partial charge in [-0.25, -0.2) is 8.42 Å². The van der Waals surface area contributed by atoms with E-state index >= 15 is 0 Å². The van der Waals surface area contributed by atoms with Gasteiger partial charge in [0.1, 0.15) is 29.8 Å². The Labute approximate surface area is 271 Å². The van der Waals surface area contributed by atoms with Crippen molar-refractivity contribution in [2.24, 2.45) is 5.92 Å². The smallest absolute Gasteiger partial charge is 0.265 e. The lowest BCUT2D eigenvalue weighted by Crippen LogP contribution is -2.51. The minimum Gasteiger partial charge on any atom is -0.497 e. The summed E-state index contributed by atoms with van der Waals surface area (Å²) in [6.45, 7) is 5.30. The molecule has 1 atom stereocenters. The third-order valence-corrected chi connectivity index (χ3v) is 9.00. The van der Waals surface area contributed by atoms with Crippen molar-refractivity contribution >= 4 is 27.5 Å². The summed E-state index contributed by atoms with van der Waals surface area (Å²) in [6.07, 6.45) is 0. The van der Waals surface area contributed by atoms with E-state index in [-0.39, 0.29) is 40.5 Å². The van der Waals surface area contributed by atoms with Crippen LogP contribution in [0.1, 0.15) is 26.3 Å². The lowest BCUT2D eigenvalue weighted by molar-refractivity contribution is -0.139. The van der Waals surface area contributed by atoms with Crippen molar-refractivity contribution in [1.82, 2.24) is 10.2 Å². The molecule has 3 rings (SSSR count). The molecule has 1 unspecified atom stereocenters. The molecule has 0 aliphatic rings. The van der Waals surface area contributed by atoms with Crippen molar-refractivity contribution in [3.8, 4) is 28.7 Å². The molecule has 0 aliphatic heterocycles. The van der Waals surface area contributed by atoms with Crippen molar-refractivity contribution in [3.05, 3.63) is 66.2 Å². The molecule has 1 N–H and O–H groups in total. The van der Waals surface area contributed by atoms with E-state index in [2.05, 4.69) is 5.32 Å². The van der Waals surface area contributed by atoms with Gasteiger partial charge in [-0.1, -0.05) is 26.0 Å². The summed E-state index contributed by atoms with van der Waals surface area (Å²) < 4.78 is 56.6. The molecule has 0 aromatic heterocycles. The van der Waals surface area contributed by atoms with Gasteiger partial charge in [-0.05, 0) is 54.8 Å². The Hall–Kier alpha value is -4.65. The molecule has 12 nitrogen and oxygen atoms in total. The number of sulfonamides is 1. The first-order valence-corrected chi connectivity index (χ1v) is 16.0. The third-order valence-electron chi connectivity index (χ3n) is 7.24. The van der Waals surface area contributed by atoms with Crippen LogP contribution in [0.5, 0.6) is 28.7 Å². The highest BCUT2D eigenvalue weighted by atomic mass is 32.2. The van der Waals surface area contributed by atoms with Gasteiger partial charge in [0.25, 0.3) is 10.0 Å². The summed E-state index contributed by atoms with van der Waals surface area (Å²) in [7, 11) is 2.77. The molecule has 46 heavy (non-hydrogen) atoms. The van der Waals surface area contributed by atoms with Gasteiger partial charge in [-0.15, -0.1) is 0 Å². The van der Waals surface area contributed by atoms with Crippen LogP contribution in [-0.2, 0) is 26.2 Å². The molecule has 0 bridgehead atoms. The van der Waals surface area contributed by atoms with Gasteiger partial charge >= 0.3 is 0 Å². The highest BCUT2D eigenvalue weighted by Gasteiger charge is 2.34. The maximum absolute atomic E-state index is 14.4. The average Bonchev–Trinajstić information content (AvgIpc) is 3.07. The average molecular weight is 658 g/mol. The fraction of sp³-hybridized carbons (Fsp3) is 0.394. The molecule has 0 aliphatic carbocycles. The van der Waals surface area contributed by atoms with Crippen molar-refractivity contribution in [2.75, 3.05) is 52.9 Å². The fourth-order valence-corrected chi connectivity index (χ4v) is 6.00. The Morgan fingerprint density at radius 3 is 1.89 bits per heavy atom. The molecular formula is C33H43N3O9S. The van der Waals surface area contributed by atoms with Crippen LogP contribution in [0.2, 0.25) is 0 Å². The topological polar surface area (TPSA) is 133 Å². The number of benzene rings is 3. The molecule has 0 saturated carbocycles. The Balaban J connectivity index is 2.15. The Kier molecular flexibility index (Phi) is 12.5. The molecule has 13 heteroatoms. The number of nitrogens with zero attached hydrogens (tertiary/aromatic N) is 2. The van der Waals surface area contributed by atoms with Gasteiger partial charge in [0.2, 0.25) is 11.8 Å². The number of hydrogen-bond acceptors (Lipinski definition) is 9. The number of anilines is 1. The van der Waals surface area contributed by atoms with Gasteiger partial charge in [-0.3, -0.25) is 13.9 Å². The van der Waals surface area contributed by atoms with E-state index in [0.717, 1.165) is 4.31 Å². The number of rotatable bonds is 16. The number of carbonyl (C=O) groups excluding carboxylic acids is 2. The van der Waals surface area contributed by atoms with Crippen molar-refractivity contribution in [2.45, 2.75) is 38.3 Å². The Morgan fingerprint density at radius 2 is 1.33 bits per heavy atom. The zero-order chi connectivity index (χ0) is 34.0. The van der Waals surface area contributed by atoms with Gasteiger partial charge in [0, 0.05) is 25.2 Å². The quantitative estimate of drug-likeness (QED) is 0.242. The second-order valence-corrected chi connectivity index (χ2v) is 12.6. The SMILES string of the molecule is COc1ccc(CN(C(=O)CN(c2cc(OC)ccc2OC)S(=O)(=O)c2ccc(OC)c(OC)c2)C(C)C(=O)NCC(C)C)cc1. The second-order valence-electron chi connectivity index (χ2n) is 10.8. The van der Waals surface area contributed by atoms with Crippen LogP contribution in [-0.4, -0.2) is 79.8 Å². The molecule has 0 spiro atoms. The van der Waals surface area contributed by atoms with E-state index in [1.807, 2.05) is 13.8 Å². The zero-order valence-electron chi connectivity index (χ0n) is 27.5. The molecule has 0 radical (unpaired) electrons. The maximum Gasteiger partial charge on any atom is 0.265 e. The first-order chi connectivity index (χ1) is 21.9. The van der Waals surface area contributed by atoms with Gasteiger partial charge in [-0.2, -0.15) is 0 Å². The van der Waals surface area contributed by atoms with Crippen LogP contribution < -0.4 is 33.3 Å². The number of methoxy groups -OCH3 is 5. The molecule has 0 heterocycles. The summed E-state index contributed by atoms with van der Waals surface area (Å²) >= 11 is 0. The van der Waals surface area contributed by atoms with E-state index in [0.29, 0.717) is 29.4 Å². The molecule has 0 saturated heterocycles. The van der Waals surface area contributed by atoms with Crippen LogP contribution in [0.3, 0.4) is 0 Å². The first kappa shape index (κ1) is 35.8. The first-order valence-electron chi connectivity index (χ1n) is 14.6. The minimum atomic E-state index is -4.45. The summed E-state index contributed by atoms with van der Waals surface area (Å²) in [5.41, 5.74) is 0.775. The van der Waals surface area contributed by atoms with Crippen LogP contribution in [0, 0.1) is 5.92 Å². The summed E-state index contributed by atoms with van der Waals surface area (Å²) in [5, 5.41) is 2.87. The predicted molar refractivity (Wildman–Crippen MR) is 174 cm³/mol. The van der Waals surface area contributed by atoms with Gasteiger partial charge < -0.3 is 33.9 Å². The fourth-order valence-electron chi connectivity index (χ4n) is 4.57. The monoisotopic (exact) mass is 657 g/mol. The third kappa shape index (κ3) is 8.53. The van der Waals surface area contributed by atoms with Crippen LogP contribution in [0.15, 0.2) is 65.6 Å². The number of carbonyl (C=O) groups is 2. The highest BCUT2D eigenvalue weighted by Crippen LogP contribution is 2.37. The Morgan fingerprint density at radius 1 is 0.739 bits per heavy atom. The van der Waals surface area contributed by atoms with E-state index < -0.39 is 28.5 Å². The molecule has 250 valence electrons. The van der Waals surface area contributed by atoms with E-state index in [9.17, 15) is 18.0 Å². The maximum atomic E-state index is 14.4. The van der Waals surface area contributed by atoms with E-state index in [1.165, 1.54) is 57.6 Å².